The van der Waals surface area contributed by atoms with Crippen LogP contribution in [-0.4, -0.2) is 25.3 Å². The third kappa shape index (κ3) is 1.97. The highest BCUT2D eigenvalue weighted by atomic mass is 35.5. The summed E-state index contributed by atoms with van der Waals surface area (Å²) in [6.07, 6.45) is 0. The highest BCUT2D eigenvalue weighted by molar-refractivity contribution is 6.32. The number of carbonyl (C=O) groups is 1. The zero-order valence-corrected chi connectivity index (χ0v) is 8.76. The average molecular weight is 235 g/mol. The zero-order chi connectivity index (χ0) is 11.6. The molecule has 0 fully saturated rings. The monoisotopic (exact) mass is 234 g/mol. The quantitative estimate of drug-likeness (QED) is 0.871. The van der Waals surface area contributed by atoms with Gasteiger partial charge in [0.2, 0.25) is 0 Å². The molecule has 0 unspecified atom stereocenters. The van der Waals surface area contributed by atoms with E-state index in [0.29, 0.717) is 0 Å². The molecule has 1 aromatic rings. The number of benzene rings is 1. The molecule has 1 rings (SSSR count). The Morgan fingerprint density at radius 1 is 1.40 bits per heavy atom. The molecule has 0 heterocycles. The second-order valence-corrected chi connectivity index (χ2v) is 2.97. The van der Waals surface area contributed by atoms with Crippen LogP contribution in [-0.2, 0) is 0 Å². The van der Waals surface area contributed by atoms with Gasteiger partial charge in [-0.15, -0.1) is 0 Å². The first-order valence-electron chi connectivity index (χ1n) is 3.86. The van der Waals surface area contributed by atoms with Crippen molar-refractivity contribution in [3.8, 4) is 11.5 Å². The molecule has 0 bridgehead atoms. The van der Waals surface area contributed by atoms with E-state index >= 15 is 0 Å². The van der Waals surface area contributed by atoms with Crippen molar-refractivity contribution in [1.82, 2.24) is 0 Å². The van der Waals surface area contributed by atoms with Crippen molar-refractivity contribution in [2.24, 2.45) is 0 Å². The number of halogens is 2. The van der Waals surface area contributed by atoms with Crippen molar-refractivity contribution < 1.29 is 23.8 Å². The zero-order valence-electron chi connectivity index (χ0n) is 8.01. The van der Waals surface area contributed by atoms with Crippen molar-refractivity contribution in [2.75, 3.05) is 14.2 Å². The second kappa shape index (κ2) is 4.35. The van der Waals surface area contributed by atoms with Crippen molar-refractivity contribution in [3.63, 3.8) is 0 Å². The Kier molecular flexibility index (Phi) is 3.36. The summed E-state index contributed by atoms with van der Waals surface area (Å²) < 4.78 is 23.0. The first-order valence-corrected chi connectivity index (χ1v) is 4.24. The van der Waals surface area contributed by atoms with Crippen LogP contribution in [0.2, 0.25) is 5.02 Å². The van der Waals surface area contributed by atoms with E-state index in [-0.39, 0.29) is 16.5 Å². The lowest BCUT2D eigenvalue weighted by molar-refractivity contribution is 0.0688. The molecule has 82 valence electrons. The van der Waals surface area contributed by atoms with E-state index in [1.165, 1.54) is 20.3 Å². The third-order valence-electron chi connectivity index (χ3n) is 1.79. The van der Waals surface area contributed by atoms with Gasteiger partial charge in [-0.3, -0.25) is 0 Å². The van der Waals surface area contributed by atoms with Gasteiger partial charge in [-0.1, -0.05) is 11.6 Å². The molecule has 0 aliphatic rings. The Morgan fingerprint density at radius 2 is 1.93 bits per heavy atom. The lowest BCUT2D eigenvalue weighted by atomic mass is 10.1. The molecule has 0 spiro atoms. The summed E-state index contributed by atoms with van der Waals surface area (Å²) in [7, 11) is 2.52. The molecule has 1 aromatic carbocycles. The molecule has 0 saturated carbocycles. The highest BCUT2D eigenvalue weighted by Crippen LogP contribution is 2.35. The maximum Gasteiger partial charge on any atom is 0.342 e. The van der Waals surface area contributed by atoms with Crippen molar-refractivity contribution in [3.05, 3.63) is 22.5 Å². The molecule has 0 saturated heterocycles. The van der Waals surface area contributed by atoms with Gasteiger partial charge in [0.1, 0.15) is 22.1 Å². The topological polar surface area (TPSA) is 55.8 Å². The van der Waals surface area contributed by atoms with E-state index in [1.54, 1.807) is 0 Å². The molecule has 1 N–H and O–H groups in total. The third-order valence-corrected chi connectivity index (χ3v) is 2.14. The Hall–Kier alpha value is -1.49. The van der Waals surface area contributed by atoms with E-state index in [1.807, 2.05) is 0 Å². The fourth-order valence-corrected chi connectivity index (χ4v) is 1.32. The summed E-state index contributed by atoms with van der Waals surface area (Å²) in [6.45, 7) is 0. The van der Waals surface area contributed by atoms with Crippen LogP contribution in [0.3, 0.4) is 0 Å². The molecular formula is C9H8ClFO4. The van der Waals surface area contributed by atoms with Crippen LogP contribution in [0.25, 0.3) is 0 Å². The first-order chi connectivity index (χ1) is 7.02. The smallest absolute Gasteiger partial charge is 0.342 e. The predicted octanol–water partition coefficient (Wildman–Crippen LogP) is 2.19. The molecule has 0 amide bonds. The molecule has 0 aromatic heterocycles. The van der Waals surface area contributed by atoms with Crippen LogP contribution in [0.4, 0.5) is 4.39 Å². The van der Waals surface area contributed by atoms with Gasteiger partial charge >= 0.3 is 5.97 Å². The van der Waals surface area contributed by atoms with Gasteiger partial charge in [-0.05, 0) is 0 Å². The Morgan fingerprint density at radius 3 is 2.33 bits per heavy atom. The lowest BCUT2D eigenvalue weighted by Crippen LogP contribution is -2.05. The van der Waals surface area contributed by atoms with Gasteiger partial charge in [0.15, 0.2) is 5.82 Å². The number of aromatic carboxylic acids is 1. The Balaban J connectivity index is 3.51. The average Bonchev–Trinajstić information content (AvgIpc) is 2.20. The predicted molar refractivity (Wildman–Crippen MR) is 51.5 cm³/mol. The van der Waals surface area contributed by atoms with Crippen LogP contribution >= 0.6 is 11.6 Å². The number of carboxylic acid groups (broad SMARTS) is 1. The van der Waals surface area contributed by atoms with E-state index in [2.05, 4.69) is 0 Å². The van der Waals surface area contributed by atoms with Gasteiger partial charge < -0.3 is 14.6 Å². The largest absolute Gasteiger partial charge is 0.496 e. The summed E-state index contributed by atoms with van der Waals surface area (Å²) in [5.74, 6) is -2.63. The second-order valence-electron chi connectivity index (χ2n) is 2.59. The molecule has 0 aliphatic carbocycles. The molecular weight excluding hydrogens is 227 g/mol. The van der Waals surface area contributed by atoms with Gasteiger partial charge in [0.05, 0.1) is 14.2 Å². The van der Waals surface area contributed by atoms with Crippen molar-refractivity contribution in [1.29, 1.82) is 0 Å². The normalized spacial score (nSPS) is 9.87. The Labute approximate surface area is 90.2 Å². The standard InChI is InChI=1S/C9H8ClFO4/c1-14-4-3-5(15-2)7(10)8(11)6(4)9(12)13/h3H,1-2H3,(H,12,13). The van der Waals surface area contributed by atoms with Gasteiger partial charge in [-0.2, -0.15) is 0 Å². The SMILES string of the molecule is COc1cc(OC)c(C(=O)O)c(F)c1Cl. The van der Waals surface area contributed by atoms with Gasteiger partial charge in [-0.25, -0.2) is 9.18 Å². The maximum atomic E-state index is 13.5. The number of hydrogen-bond acceptors (Lipinski definition) is 3. The molecule has 0 atom stereocenters. The first kappa shape index (κ1) is 11.6. The number of ether oxygens (including phenoxy) is 2. The summed E-state index contributed by atoms with van der Waals surface area (Å²) in [5, 5.41) is 8.37. The van der Waals surface area contributed by atoms with Crippen LogP contribution < -0.4 is 9.47 Å². The minimum Gasteiger partial charge on any atom is -0.496 e. The molecule has 6 heteroatoms. The minimum atomic E-state index is -1.45. The van der Waals surface area contributed by atoms with Gasteiger partial charge in [0, 0.05) is 6.07 Å². The molecule has 0 aliphatic heterocycles. The number of rotatable bonds is 3. The molecule has 0 radical (unpaired) electrons. The number of carboxylic acids is 1. The molecule has 15 heavy (non-hydrogen) atoms. The van der Waals surface area contributed by atoms with E-state index in [4.69, 9.17) is 26.2 Å². The van der Waals surface area contributed by atoms with Crippen LogP contribution in [0.15, 0.2) is 6.07 Å². The van der Waals surface area contributed by atoms with E-state index < -0.39 is 17.3 Å². The van der Waals surface area contributed by atoms with Crippen LogP contribution in [0.1, 0.15) is 10.4 Å². The van der Waals surface area contributed by atoms with Crippen LogP contribution in [0, 0.1) is 5.82 Å². The summed E-state index contributed by atoms with van der Waals surface area (Å²) in [4.78, 5) is 10.7. The maximum absolute atomic E-state index is 13.5. The number of methoxy groups -OCH3 is 2. The van der Waals surface area contributed by atoms with Crippen molar-refractivity contribution in [2.45, 2.75) is 0 Å². The fraction of sp³-hybridized carbons (Fsp3) is 0.222. The molecule has 4 nitrogen and oxygen atoms in total. The van der Waals surface area contributed by atoms with E-state index in [9.17, 15) is 9.18 Å². The van der Waals surface area contributed by atoms with Crippen molar-refractivity contribution >= 4 is 17.6 Å². The van der Waals surface area contributed by atoms with Crippen LogP contribution in [0.5, 0.6) is 11.5 Å². The summed E-state index contributed by atoms with van der Waals surface area (Å²) in [6, 6.07) is 1.22. The Bertz CT molecular complexity index is 406. The summed E-state index contributed by atoms with van der Waals surface area (Å²) in [5.41, 5.74) is -0.608. The fourth-order valence-electron chi connectivity index (χ4n) is 1.09. The lowest BCUT2D eigenvalue weighted by Gasteiger charge is -2.10. The van der Waals surface area contributed by atoms with Gasteiger partial charge in [0.25, 0.3) is 0 Å². The number of hydrogen-bond donors (Lipinski definition) is 1. The minimum absolute atomic E-state index is 0.0241. The van der Waals surface area contributed by atoms with E-state index in [0.717, 1.165) is 0 Å². The summed E-state index contributed by atoms with van der Waals surface area (Å²) >= 11 is 5.55. The highest BCUT2D eigenvalue weighted by Gasteiger charge is 2.23.